The van der Waals surface area contributed by atoms with E-state index in [2.05, 4.69) is 170 Å². The van der Waals surface area contributed by atoms with Crippen LogP contribution >= 0.6 is 22.7 Å². The van der Waals surface area contributed by atoms with Crippen molar-refractivity contribution in [2.24, 2.45) is 0 Å². The minimum absolute atomic E-state index is 0.0359. The van der Waals surface area contributed by atoms with E-state index in [9.17, 15) is 10.5 Å². The highest BCUT2D eigenvalue weighted by atomic mass is 32.1. The molecule has 0 saturated heterocycles. The van der Waals surface area contributed by atoms with Gasteiger partial charge in [-0.25, -0.2) is 0 Å². The van der Waals surface area contributed by atoms with E-state index in [0.29, 0.717) is 16.8 Å². The van der Waals surface area contributed by atoms with Crippen molar-refractivity contribution in [3.05, 3.63) is 144 Å². The van der Waals surface area contributed by atoms with E-state index in [1.807, 2.05) is 11.3 Å². The average molecular weight is 755 g/mol. The van der Waals surface area contributed by atoms with Gasteiger partial charge in [0.15, 0.2) is 0 Å². The first-order valence-corrected chi connectivity index (χ1v) is 20.8. The van der Waals surface area contributed by atoms with Crippen LogP contribution in [-0.2, 0) is 0 Å². The van der Waals surface area contributed by atoms with Crippen molar-refractivity contribution < 1.29 is 0 Å². The fraction of sp³-hybridized carbons (Fsp3) is 0.120. The number of nitrogens with zero attached hydrogens (tertiary/aromatic N) is 4. The summed E-state index contributed by atoms with van der Waals surface area (Å²) in [6.45, 7) is 8.74. The Labute approximate surface area is 331 Å². The van der Waals surface area contributed by atoms with Gasteiger partial charge in [-0.1, -0.05) is 100 Å². The molecule has 0 unspecified atom stereocenters. The highest BCUT2D eigenvalue weighted by Gasteiger charge is 2.32. The maximum atomic E-state index is 11.5. The molecular weight excluding hydrogens is 721 g/mol. The van der Waals surface area contributed by atoms with Crippen molar-refractivity contribution in [2.45, 2.75) is 39.5 Å². The summed E-state index contributed by atoms with van der Waals surface area (Å²) in [6.07, 6.45) is 0. The van der Waals surface area contributed by atoms with E-state index in [1.165, 1.54) is 45.7 Å². The molecule has 11 aromatic rings. The number of rotatable bonds is 4. The van der Waals surface area contributed by atoms with Gasteiger partial charge in [0, 0.05) is 61.9 Å². The van der Waals surface area contributed by atoms with Gasteiger partial charge in [0.1, 0.15) is 12.1 Å². The van der Waals surface area contributed by atoms with Gasteiger partial charge in [-0.3, -0.25) is 0 Å². The Morgan fingerprint density at radius 3 is 1.23 bits per heavy atom. The summed E-state index contributed by atoms with van der Waals surface area (Å²) in [4.78, 5) is 0. The molecule has 6 heteroatoms. The zero-order valence-corrected chi connectivity index (χ0v) is 32.9. The van der Waals surface area contributed by atoms with Gasteiger partial charge < -0.3 is 9.13 Å². The van der Waals surface area contributed by atoms with Crippen LogP contribution < -0.4 is 0 Å². The summed E-state index contributed by atoms with van der Waals surface area (Å²) in [5.74, 6) is -0.0719. The first kappa shape index (κ1) is 32.9. The smallest absolute Gasteiger partial charge is 0.102 e. The molecule has 0 aliphatic carbocycles. The standard InChI is InChI=1S/C50H34N4S2/c1-27(2)43-33(25-51)49(53-35-17-9-5-13-29(35)45-37(53)21-23-41-47(45)31-15-7-11-19-39(31)55-41)34(26-52)44(28(3)4)50(43)54-36-18-10-6-14-30(36)46-38(54)22-24-42-48(46)32-16-8-12-20-40(32)56-42/h5-24,27-28H,1-4H3. The number of benzene rings is 7. The summed E-state index contributed by atoms with van der Waals surface area (Å²) in [7, 11) is 0. The molecule has 7 aromatic carbocycles. The Bertz CT molecular complexity index is 3530. The second-order valence-corrected chi connectivity index (χ2v) is 17.5. The maximum Gasteiger partial charge on any atom is 0.102 e. The van der Waals surface area contributed by atoms with Crippen molar-refractivity contribution in [3.63, 3.8) is 0 Å². The highest BCUT2D eigenvalue weighted by molar-refractivity contribution is 7.26. The van der Waals surface area contributed by atoms with Gasteiger partial charge in [0.2, 0.25) is 0 Å². The minimum Gasteiger partial charge on any atom is -0.309 e. The quantitative estimate of drug-likeness (QED) is 0.180. The summed E-state index contributed by atoms with van der Waals surface area (Å²) < 4.78 is 9.58. The lowest BCUT2D eigenvalue weighted by atomic mass is 9.83. The molecule has 0 atom stereocenters. The summed E-state index contributed by atoms with van der Waals surface area (Å²) in [6, 6.07) is 48.8. The van der Waals surface area contributed by atoms with E-state index in [0.717, 1.165) is 55.0 Å². The summed E-state index contributed by atoms with van der Waals surface area (Å²) in [5, 5.41) is 32.6. The van der Waals surface area contributed by atoms with Crippen molar-refractivity contribution >= 4 is 107 Å². The lowest BCUT2D eigenvalue weighted by molar-refractivity contribution is 0.805. The second kappa shape index (κ2) is 12.0. The molecular formula is C50H34N4S2. The number of hydrogen-bond donors (Lipinski definition) is 0. The molecule has 0 spiro atoms. The Hall–Kier alpha value is -6.44. The van der Waals surface area contributed by atoms with Crippen LogP contribution in [0.3, 0.4) is 0 Å². The minimum atomic E-state index is -0.0359. The van der Waals surface area contributed by atoms with Crippen molar-refractivity contribution in [1.82, 2.24) is 9.13 Å². The van der Waals surface area contributed by atoms with E-state index < -0.39 is 0 Å². The molecule has 0 aliphatic rings. The van der Waals surface area contributed by atoms with Gasteiger partial charge in [-0.2, -0.15) is 10.5 Å². The Morgan fingerprint density at radius 2 is 0.804 bits per heavy atom. The van der Waals surface area contributed by atoms with Crippen molar-refractivity contribution in [3.8, 4) is 23.5 Å². The molecule has 4 heterocycles. The number of hydrogen-bond acceptors (Lipinski definition) is 4. The monoisotopic (exact) mass is 754 g/mol. The molecule has 0 N–H and O–H groups in total. The predicted octanol–water partition coefficient (Wildman–Crippen LogP) is 14.6. The third-order valence-electron chi connectivity index (χ3n) is 11.7. The van der Waals surface area contributed by atoms with Gasteiger partial charge in [-0.15, -0.1) is 22.7 Å². The molecule has 4 nitrogen and oxygen atoms in total. The number of aromatic nitrogens is 2. The first-order chi connectivity index (χ1) is 27.4. The molecule has 0 radical (unpaired) electrons. The first-order valence-electron chi connectivity index (χ1n) is 19.1. The van der Waals surface area contributed by atoms with E-state index >= 15 is 0 Å². The maximum absolute atomic E-state index is 11.5. The summed E-state index contributed by atoms with van der Waals surface area (Å²) in [5.41, 5.74) is 8.74. The Morgan fingerprint density at radius 1 is 0.411 bits per heavy atom. The SMILES string of the molecule is CC(C)c1c(C#N)c(-n2c3ccccc3c3c4c(ccc32)sc2ccccc24)c(C#N)c(C(C)C)c1-n1c2ccccc2c2c3c(ccc21)sc1ccccc13. The predicted molar refractivity (Wildman–Crippen MR) is 239 cm³/mol. The number of nitriles is 2. The molecule has 0 aliphatic heterocycles. The number of thiophene rings is 2. The molecule has 4 aromatic heterocycles. The second-order valence-electron chi connectivity index (χ2n) is 15.4. The third-order valence-corrected chi connectivity index (χ3v) is 14.0. The van der Waals surface area contributed by atoms with Crippen LogP contribution in [0.5, 0.6) is 0 Å². The molecule has 0 fully saturated rings. The van der Waals surface area contributed by atoms with Gasteiger partial charge in [0.25, 0.3) is 0 Å². The molecule has 56 heavy (non-hydrogen) atoms. The van der Waals surface area contributed by atoms with Crippen LogP contribution in [0.15, 0.2) is 121 Å². The molecule has 0 bridgehead atoms. The van der Waals surface area contributed by atoms with E-state index in [4.69, 9.17) is 0 Å². The van der Waals surface area contributed by atoms with Crippen molar-refractivity contribution in [1.29, 1.82) is 10.5 Å². The zero-order valence-electron chi connectivity index (χ0n) is 31.3. The van der Waals surface area contributed by atoms with Gasteiger partial charge in [-0.05, 0) is 71.5 Å². The largest absolute Gasteiger partial charge is 0.309 e. The third kappa shape index (κ3) is 4.26. The van der Waals surface area contributed by atoms with Gasteiger partial charge >= 0.3 is 0 Å². The van der Waals surface area contributed by atoms with Crippen LogP contribution in [0.1, 0.15) is 61.8 Å². The van der Waals surface area contributed by atoms with Gasteiger partial charge in [0.05, 0.1) is 44.6 Å². The molecule has 0 saturated carbocycles. The summed E-state index contributed by atoms with van der Waals surface area (Å²) >= 11 is 3.63. The van der Waals surface area contributed by atoms with E-state index in [1.54, 1.807) is 11.3 Å². The van der Waals surface area contributed by atoms with Crippen molar-refractivity contribution in [2.75, 3.05) is 0 Å². The fourth-order valence-corrected chi connectivity index (χ4v) is 11.8. The van der Waals surface area contributed by atoms with Crippen LogP contribution in [0.2, 0.25) is 0 Å². The van der Waals surface area contributed by atoms with Crippen LogP contribution in [-0.4, -0.2) is 9.13 Å². The lowest BCUT2D eigenvalue weighted by Gasteiger charge is -2.28. The topological polar surface area (TPSA) is 57.4 Å². The van der Waals surface area contributed by atoms with E-state index in [-0.39, 0.29) is 11.8 Å². The highest BCUT2D eigenvalue weighted by Crippen LogP contribution is 2.49. The molecule has 266 valence electrons. The Kier molecular flexibility index (Phi) is 7.08. The normalized spacial score (nSPS) is 12.2. The fourth-order valence-electron chi connectivity index (χ4n) is 9.61. The zero-order chi connectivity index (χ0) is 38.0. The lowest BCUT2D eigenvalue weighted by Crippen LogP contribution is -2.16. The molecule has 11 rings (SSSR count). The Balaban J connectivity index is 1.35. The molecule has 0 amide bonds. The van der Waals surface area contributed by atoms with Crippen LogP contribution in [0.25, 0.3) is 95.3 Å². The van der Waals surface area contributed by atoms with Crippen LogP contribution in [0.4, 0.5) is 0 Å². The number of para-hydroxylation sites is 2. The average Bonchev–Trinajstić information content (AvgIpc) is 3.96. The van der Waals surface area contributed by atoms with Crippen LogP contribution in [0, 0.1) is 22.7 Å². The number of fused-ring (bicyclic) bond motifs is 14.